The number of aryl methyl sites for hydroxylation is 4. The fourth-order valence-corrected chi connectivity index (χ4v) is 4.94. The van der Waals surface area contributed by atoms with Crippen LogP contribution in [-0.4, -0.2) is 17.3 Å². The van der Waals surface area contributed by atoms with Crippen molar-refractivity contribution in [2.24, 2.45) is 0 Å². The number of hydrogen-bond acceptors (Lipinski definition) is 7. The summed E-state index contributed by atoms with van der Waals surface area (Å²) in [6.07, 6.45) is 0. The summed E-state index contributed by atoms with van der Waals surface area (Å²) in [6, 6.07) is 35.7. The van der Waals surface area contributed by atoms with Crippen LogP contribution < -0.4 is 18.3 Å². The Morgan fingerprint density at radius 2 is 1.00 bits per heavy atom. The average Bonchev–Trinajstić information content (AvgIpc) is 3.00. The minimum Gasteiger partial charge on any atom is -0.508 e. The molecule has 0 heterocycles. The van der Waals surface area contributed by atoms with Crippen molar-refractivity contribution < 1.29 is 33.0 Å². The molecule has 5 rings (SSSR count). The fourth-order valence-electron chi connectivity index (χ4n) is 3.86. The van der Waals surface area contributed by atoms with E-state index < -0.39 is 0 Å². The molecule has 0 amide bonds. The first-order chi connectivity index (χ1) is 21.7. The fraction of sp³-hybridized carbons (Fsp3) is 0.167. The number of ether oxygens (including phenoxy) is 1. The van der Waals surface area contributed by atoms with Crippen LogP contribution in [0.2, 0.25) is 0 Å². The molecule has 5 aromatic carbocycles. The molecule has 0 aliphatic carbocycles. The Morgan fingerprint density at radius 1 is 0.533 bits per heavy atom. The third kappa shape index (κ3) is 13.5. The first-order valence-corrected chi connectivity index (χ1v) is 15.8. The Labute approximate surface area is 269 Å². The molecule has 2 N–H and O–H groups in total. The third-order valence-electron chi connectivity index (χ3n) is 6.01. The molecular formula is C36H40O7P2. The van der Waals surface area contributed by atoms with E-state index in [2.05, 4.69) is 0 Å². The molecule has 0 bridgehead atoms. The summed E-state index contributed by atoms with van der Waals surface area (Å²) in [5.41, 5.74) is 5.32. The number of para-hydroxylation sites is 1. The highest BCUT2D eigenvalue weighted by atomic mass is 31.1. The van der Waals surface area contributed by atoms with Crippen LogP contribution >= 0.6 is 18.1 Å². The van der Waals surface area contributed by atoms with E-state index in [1.807, 2.05) is 119 Å². The summed E-state index contributed by atoms with van der Waals surface area (Å²) in [5, 5.41) is 17.6. The Kier molecular flexibility index (Phi) is 15.0. The standard InChI is InChI=1S/C22H24O5P2.2C7H8O/c1-16-7-4-10-19(13-16)25-28-24-15-18-9-6-12-21(23-3)22(18)27-29-26-20-11-5-8-17(2)14-20;2*1-6-3-2-4-7(8)5-6/h4-14,28-29H,15H2,1-3H3;2*2-5,8H,1H3. The van der Waals surface area contributed by atoms with E-state index in [1.165, 1.54) is 0 Å². The summed E-state index contributed by atoms with van der Waals surface area (Å²) in [4.78, 5) is 0. The lowest BCUT2D eigenvalue weighted by Crippen LogP contribution is -1.96. The van der Waals surface area contributed by atoms with Gasteiger partial charge in [0.25, 0.3) is 9.03 Å². The molecule has 0 radical (unpaired) electrons. The first-order valence-electron chi connectivity index (χ1n) is 14.2. The van der Waals surface area contributed by atoms with Crippen molar-refractivity contribution in [2.45, 2.75) is 34.3 Å². The zero-order valence-electron chi connectivity index (χ0n) is 26.1. The molecule has 0 spiro atoms. The maximum atomic E-state index is 8.81. The lowest BCUT2D eigenvalue weighted by atomic mass is 10.2. The van der Waals surface area contributed by atoms with Crippen LogP contribution in [0.15, 0.2) is 115 Å². The van der Waals surface area contributed by atoms with Crippen LogP contribution in [0.3, 0.4) is 0 Å². The molecule has 5 aromatic rings. The average molecular weight is 647 g/mol. The molecule has 0 aromatic heterocycles. The zero-order valence-corrected chi connectivity index (χ0v) is 28.1. The third-order valence-corrected chi connectivity index (χ3v) is 7.20. The molecule has 45 heavy (non-hydrogen) atoms. The maximum absolute atomic E-state index is 8.81. The molecule has 236 valence electrons. The number of aromatic hydroxyl groups is 2. The summed E-state index contributed by atoms with van der Waals surface area (Å²) in [5.74, 6) is 3.48. The smallest absolute Gasteiger partial charge is 0.275 e. The van der Waals surface area contributed by atoms with Gasteiger partial charge < -0.3 is 33.0 Å². The Bertz CT molecular complexity index is 1530. The molecular weight excluding hydrogens is 606 g/mol. The highest BCUT2D eigenvalue weighted by molar-refractivity contribution is 7.27. The summed E-state index contributed by atoms with van der Waals surface area (Å²) < 4.78 is 28.4. The van der Waals surface area contributed by atoms with Crippen LogP contribution in [0.5, 0.6) is 34.5 Å². The topological polar surface area (TPSA) is 86.6 Å². The second-order valence-electron chi connectivity index (χ2n) is 10.0. The minimum absolute atomic E-state index is 0.122. The summed E-state index contributed by atoms with van der Waals surface area (Å²) >= 11 is 0. The molecule has 0 aliphatic rings. The predicted molar refractivity (Wildman–Crippen MR) is 184 cm³/mol. The van der Waals surface area contributed by atoms with Gasteiger partial charge in [-0.25, -0.2) is 0 Å². The molecule has 0 saturated heterocycles. The van der Waals surface area contributed by atoms with E-state index in [0.29, 0.717) is 29.6 Å². The van der Waals surface area contributed by atoms with Gasteiger partial charge in [-0.05, 0) is 105 Å². The second-order valence-corrected chi connectivity index (χ2v) is 11.3. The van der Waals surface area contributed by atoms with E-state index in [-0.39, 0.29) is 18.1 Å². The number of benzene rings is 5. The predicted octanol–water partition coefficient (Wildman–Crippen LogP) is 9.78. The minimum atomic E-state index is -0.204. The van der Waals surface area contributed by atoms with Gasteiger partial charge in [0.1, 0.15) is 23.0 Å². The molecule has 0 fully saturated rings. The van der Waals surface area contributed by atoms with Gasteiger partial charge in [-0.3, -0.25) is 0 Å². The van der Waals surface area contributed by atoms with Gasteiger partial charge in [0, 0.05) is 5.56 Å². The largest absolute Gasteiger partial charge is 0.508 e. The SMILES string of the molecule is COc1cccc(COPOc2cccc(C)c2)c1OPOc1cccc(C)c1.Cc1cccc(O)c1.Cc1cccc(O)c1. The van der Waals surface area contributed by atoms with E-state index in [1.54, 1.807) is 31.4 Å². The number of phenolic OH excluding ortho intramolecular Hbond substituents is 2. The number of phenols is 2. The van der Waals surface area contributed by atoms with Gasteiger partial charge >= 0.3 is 0 Å². The Balaban J connectivity index is 0.000000278. The quantitative estimate of drug-likeness (QED) is 0.115. The highest BCUT2D eigenvalue weighted by Crippen LogP contribution is 2.37. The van der Waals surface area contributed by atoms with Crippen LogP contribution in [0.1, 0.15) is 27.8 Å². The van der Waals surface area contributed by atoms with Gasteiger partial charge in [-0.1, -0.05) is 60.7 Å². The van der Waals surface area contributed by atoms with Crippen molar-refractivity contribution >= 4 is 18.1 Å². The van der Waals surface area contributed by atoms with Gasteiger partial charge in [0.15, 0.2) is 11.5 Å². The van der Waals surface area contributed by atoms with Crippen molar-refractivity contribution in [2.75, 3.05) is 7.11 Å². The summed E-state index contributed by atoms with van der Waals surface area (Å²) in [6.45, 7) is 8.27. The van der Waals surface area contributed by atoms with Crippen molar-refractivity contribution in [3.05, 3.63) is 143 Å². The number of hydrogen-bond donors (Lipinski definition) is 2. The molecule has 0 aliphatic heterocycles. The molecule has 0 saturated carbocycles. The normalized spacial score (nSPS) is 10.5. The Hall–Kier alpha value is -4.28. The van der Waals surface area contributed by atoms with Crippen LogP contribution in [0.25, 0.3) is 0 Å². The van der Waals surface area contributed by atoms with Gasteiger partial charge in [-0.15, -0.1) is 0 Å². The van der Waals surface area contributed by atoms with Gasteiger partial charge in [0.2, 0.25) is 9.03 Å². The molecule has 2 atom stereocenters. The van der Waals surface area contributed by atoms with Crippen molar-refractivity contribution in [3.63, 3.8) is 0 Å². The Morgan fingerprint density at radius 3 is 1.44 bits per heavy atom. The lowest BCUT2D eigenvalue weighted by Gasteiger charge is -2.15. The van der Waals surface area contributed by atoms with Gasteiger partial charge in [0.05, 0.1) is 13.7 Å². The van der Waals surface area contributed by atoms with Crippen LogP contribution in [0.4, 0.5) is 0 Å². The molecule has 9 heteroatoms. The molecule has 7 nitrogen and oxygen atoms in total. The van der Waals surface area contributed by atoms with Crippen molar-refractivity contribution in [1.82, 2.24) is 0 Å². The van der Waals surface area contributed by atoms with E-state index in [0.717, 1.165) is 39.3 Å². The monoisotopic (exact) mass is 646 g/mol. The van der Waals surface area contributed by atoms with Crippen molar-refractivity contribution in [3.8, 4) is 34.5 Å². The molecule has 2 unspecified atom stereocenters. The van der Waals surface area contributed by atoms with E-state index in [4.69, 9.17) is 33.0 Å². The first kappa shape index (κ1) is 35.2. The lowest BCUT2D eigenvalue weighted by molar-refractivity contribution is 0.312. The summed E-state index contributed by atoms with van der Waals surface area (Å²) in [7, 11) is 1.29. The maximum Gasteiger partial charge on any atom is 0.275 e. The van der Waals surface area contributed by atoms with Gasteiger partial charge in [-0.2, -0.15) is 0 Å². The van der Waals surface area contributed by atoms with E-state index >= 15 is 0 Å². The zero-order chi connectivity index (χ0) is 32.4. The second kappa shape index (κ2) is 19.2. The number of rotatable bonds is 10. The van der Waals surface area contributed by atoms with Crippen molar-refractivity contribution in [1.29, 1.82) is 0 Å². The number of methoxy groups -OCH3 is 1. The van der Waals surface area contributed by atoms with Crippen LogP contribution in [-0.2, 0) is 11.1 Å². The van der Waals surface area contributed by atoms with E-state index in [9.17, 15) is 0 Å². The van der Waals surface area contributed by atoms with Crippen LogP contribution in [0, 0.1) is 27.7 Å². The highest BCUT2D eigenvalue weighted by Gasteiger charge is 2.12.